The molecule has 0 amide bonds. The summed E-state index contributed by atoms with van der Waals surface area (Å²) < 4.78 is 1.75. The highest BCUT2D eigenvalue weighted by Gasteiger charge is 2.13. The van der Waals surface area contributed by atoms with Gasteiger partial charge in [0.25, 0.3) is 0 Å². The van der Waals surface area contributed by atoms with Gasteiger partial charge in [-0.25, -0.2) is 4.98 Å². The van der Waals surface area contributed by atoms with Crippen molar-refractivity contribution in [1.82, 2.24) is 20.1 Å². The molecule has 0 spiro atoms. The Kier molecular flexibility index (Phi) is 5.62. The molecule has 98 valence electrons. The lowest BCUT2D eigenvalue weighted by Gasteiger charge is -2.21. The van der Waals surface area contributed by atoms with Crippen LogP contribution >= 0.6 is 0 Å². The van der Waals surface area contributed by atoms with Gasteiger partial charge in [-0.3, -0.25) is 4.68 Å². The average Bonchev–Trinajstić information content (AvgIpc) is 2.59. The van der Waals surface area contributed by atoms with Gasteiger partial charge in [0, 0.05) is 13.1 Å². The van der Waals surface area contributed by atoms with Crippen molar-refractivity contribution in [3.05, 3.63) is 12.2 Å². The fourth-order valence-electron chi connectivity index (χ4n) is 2.10. The van der Waals surface area contributed by atoms with E-state index in [0.717, 1.165) is 24.2 Å². The molecule has 0 aliphatic rings. The van der Waals surface area contributed by atoms with Crippen LogP contribution in [0.15, 0.2) is 6.33 Å². The van der Waals surface area contributed by atoms with Crippen LogP contribution < -0.4 is 5.32 Å². The fraction of sp³-hybridized carbons (Fsp3) is 0.846. The number of aryl methyl sites for hydroxylation is 1. The molecule has 1 aromatic rings. The third kappa shape index (κ3) is 5.82. The molecule has 0 atom stereocenters. The van der Waals surface area contributed by atoms with E-state index in [2.05, 4.69) is 43.1 Å². The Morgan fingerprint density at radius 1 is 1.18 bits per heavy atom. The van der Waals surface area contributed by atoms with Crippen LogP contribution in [0, 0.1) is 11.8 Å². The minimum Gasteiger partial charge on any atom is -0.307 e. The second-order valence-corrected chi connectivity index (χ2v) is 5.67. The molecule has 0 saturated carbocycles. The topological polar surface area (TPSA) is 42.7 Å². The highest BCUT2D eigenvalue weighted by atomic mass is 15.3. The molecule has 1 N–H and O–H groups in total. The maximum absolute atomic E-state index is 4.28. The van der Waals surface area contributed by atoms with E-state index in [1.54, 1.807) is 11.0 Å². The predicted molar refractivity (Wildman–Crippen MR) is 70.5 cm³/mol. The monoisotopic (exact) mass is 238 g/mol. The lowest BCUT2D eigenvalue weighted by atomic mass is 9.95. The van der Waals surface area contributed by atoms with Crippen molar-refractivity contribution in [2.45, 2.75) is 53.1 Å². The van der Waals surface area contributed by atoms with E-state index < -0.39 is 0 Å². The van der Waals surface area contributed by atoms with E-state index in [0.29, 0.717) is 6.04 Å². The molecule has 4 heteroatoms. The molecule has 1 rings (SSSR count). The first-order valence-electron chi connectivity index (χ1n) is 6.55. The van der Waals surface area contributed by atoms with Crippen molar-refractivity contribution in [2.24, 2.45) is 18.9 Å². The molecule has 0 aliphatic carbocycles. The van der Waals surface area contributed by atoms with Crippen molar-refractivity contribution in [2.75, 3.05) is 0 Å². The second kappa shape index (κ2) is 6.74. The Morgan fingerprint density at radius 3 is 2.18 bits per heavy atom. The van der Waals surface area contributed by atoms with Gasteiger partial charge in [-0.15, -0.1) is 0 Å². The Labute approximate surface area is 105 Å². The lowest BCUT2D eigenvalue weighted by Crippen LogP contribution is -2.31. The summed E-state index contributed by atoms with van der Waals surface area (Å²) in [6.07, 6.45) is 4.17. The van der Waals surface area contributed by atoms with Gasteiger partial charge in [0.05, 0.1) is 6.54 Å². The minimum atomic E-state index is 0.568. The summed E-state index contributed by atoms with van der Waals surface area (Å²) in [4.78, 5) is 4.24. The number of hydrogen-bond acceptors (Lipinski definition) is 3. The minimum absolute atomic E-state index is 0.568. The Morgan fingerprint density at radius 2 is 1.76 bits per heavy atom. The normalized spacial score (nSPS) is 12.0. The molecule has 0 aliphatic heterocycles. The Bertz CT molecular complexity index is 307. The van der Waals surface area contributed by atoms with Gasteiger partial charge >= 0.3 is 0 Å². The average molecular weight is 238 g/mol. The molecule has 4 nitrogen and oxygen atoms in total. The molecule has 1 heterocycles. The zero-order chi connectivity index (χ0) is 12.8. The molecule has 0 bridgehead atoms. The number of hydrogen-bond donors (Lipinski definition) is 1. The van der Waals surface area contributed by atoms with Crippen LogP contribution in [0.1, 0.15) is 46.4 Å². The maximum Gasteiger partial charge on any atom is 0.164 e. The zero-order valence-corrected chi connectivity index (χ0v) is 11.8. The van der Waals surface area contributed by atoms with Crippen molar-refractivity contribution in [3.8, 4) is 0 Å². The highest BCUT2D eigenvalue weighted by molar-refractivity contribution is 4.82. The number of aromatic nitrogens is 3. The van der Waals surface area contributed by atoms with Crippen LogP contribution in [0.2, 0.25) is 0 Å². The summed E-state index contributed by atoms with van der Waals surface area (Å²) in [5.74, 6) is 2.33. The third-order valence-corrected chi connectivity index (χ3v) is 2.71. The molecular formula is C13H26N4. The number of nitrogens with zero attached hydrogens (tertiary/aromatic N) is 3. The largest absolute Gasteiger partial charge is 0.307 e. The van der Waals surface area contributed by atoms with Gasteiger partial charge in [0.15, 0.2) is 5.82 Å². The molecule has 17 heavy (non-hydrogen) atoms. The summed E-state index contributed by atoms with van der Waals surface area (Å²) in [5.41, 5.74) is 0. The van der Waals surface area contributed by atoms with Gasteiger partial charge in [-0.2, -0.15) is 5.10 Å². The quantitative estimate of drug-likeness (QED) is 0.793. The van der Waals surface area contributed by atoms with E-state index >= 15 is 0 Å². The van der Waals surface area contributed by atoms with Crippen LogP contribution in [-0.2, 0) is 13.6 Å². The SMILES string of the molecule is CC(C)CC(CC(C)C)NCc1ncn(C)n1. The van der Waals surface area contributed by atoms with Crippen LogP contribution in [-0.4, -0.2) is 20.8 Å². The van der Waals surface area contributed by atoms with Gasteiger partial charge < -0.3 is 5.32 Å². The standard InChI is InChI=1S/C13H26N4/c1-10(2)6-12(7-11(3)4)14-8-13-15-9-17(5)16-13/h9-12,14H,6-8H2,1-5H3. The maximum atomic E-state index is 4.28. The van der Waals surface area contributed by atoms with Gasteiger partial charge in [-0.05, 0) is 24.7 Å². The van der Waals surface area contributed by atoms with Crippen molar-refractivity contribution in [3.63, 3.8) is 0 Å². The van der Waals surface area contributed by atoms with Gasteiger partial charge in [-0.1, -0.05) is 27.7 Å². The molecule has 0 unspecified atom stereocenters. The molecule has 0 saturated heterocycles. The lowest BCUT2D eigenvalue weighted by molar-refractivity contribution is 0.355. The predicted octanol–water partition coefficient (Wildman–Crippen LogP) is 2.37. The number of nitrogens with one attached hydrogen (secondary N) is 1. The first kappa shape index (κ1) is 14.2. The molecule has 0 radical (unpaired) electrons. The summed E-state index contributed by atoms with van der Waals surface area (Å²) in [7, 11) is 1.90. The Balaban J connectivity index is 2.42. The van der Waals surface area contributed by atoms with Crippen molar-refractivity contribution < 1.29 is 0 Å². The van der Waals surface area contributed by atoms with E-state index in [-0.39, 0.29) is 0 Å². The van der Waals surface area contributed by atoms with Gasteiger partial charge in [0.2, 0.25) is 0 Å². The van der Waals surface area contributed by atoms with Crippen LogP contribution in [0.5, 0.6) is 0 Å². The van der Waals surface area contributed by atoms with Crippen molar-refractivity contribution in [1.29, 1.82) is 0 Å². The second-order valence-electron chi connectivity index (χ2n) is 5.67. The van der Waals surface area contributed by atoms with Gasteiger partial charge in [0.1, 0.15) is 6.33 Å². The fourth-order valence-corrected chi connectivity index (χ4v) is 2.10. The molecule has 1 aromatic heterocycles. The first-order chi connectivity index (χ1) is 7.97. The van der Waals surface area contributed by atoms with Crippen LogP contribution in [0.25, 0.3) is 0 Å². The summed E-state index contributed by atoms with van der Waals surface area (Å²) in [6, 6.07) is 0.568. The van der Waals surface area contributed by atoms with E-state index in [1.807, 2.05) is 7.05 Å². The summed E-state index contributed by atoms with van der Waals surface area (Å²) in [5, 5.41) is 7.86. The summed E-state index contributed by atoms with van der Waals surface area (Å²) >= 11 is 0. The van der Waals surface area contributed by atoms with E-state index in [9.17, 15) is 0 Å². The number of rotatable bonds is 7. The first-order valence-corrected chi connectivity index (χ1v) is 6.55. The van der Waals surface area contributed by atoms with Crippen LogP contribution in [0.3, 0.4) is 0 Å². The zero-order valence-electron chi connectivity index (χ0n) is 11.8. The highest BCUT2D eigenvalue weighted by Crippen LogP contribution is 2.13. The summed E-state index contributed by atoms with van der Waals surface area (Å²) in [6.45, 7) is 9.86. The third-order valence-electron chi connectivity index (χ3n) is 2.71. The van der Waals surface area contributed by atoms with Crippen molar-refractivity contribution >= 4 is 0 Å². The van der Waals surface area contributed by atoms with E-state index in [4.69, 9.17) is 0 Å². The Hall–Kier alpha value is -0.900. The molecule has 0 fully saturated rings. The molecular weight excluding hydrogens is 212 g/mol. The molecule has 0 aromatic carbocycles. The van der Waals surface area contributed by atoms with E-state index in [1.165, 1.54) is 12.8 Å². The van der Waals surface area contributed by atoms with Crippen LogP contribution in [0.4, 0.5) is 0 Å². The smallest absolute Gasteiger partial charge is 0.164 e.